The minimum Gasteiger partial charge on any atom is -0.466 e. The van der Waals surface area contributed by atoms with Crippen molar-refractivity contribution in [1.29, 1.82) is 0 Å². The lowest BCUT2D eigenvalue weighted by molar-refractivity contribution is -0.384. The zero-order chi connectivity index (χ0) is 27.1. The van der Waals surface area contributed by atoms with Crippen LogP contribution in [0.15, 0.2) is 80.1 Å². The van der Waals surface area contributed by atoms with Gasteiger partial charge >= 0.3 is 5.97 Å². The molecule has 0 spiro atoms. The molecule has 0 aliphatic carbocycles. The quantitative estimate of drug-likeness (QED) is 0.205. The Morgan fingerprint density at radius 3 is 2.61 bits per heavy atom. The van der Waals surface area contributed by atoms with Crippen molar-refractivity contribution in [3.05, 3.63) is 118 Å². The van der Waals surface area contributed by atoms with Crippen molar-refractivity contribution in [3.8, 4) is 11.3 Å². The average molecular weight is 550 g/mol. The molecular weight excluding hydrogens is 530 g/mol. The second-order valence-corrected chi connectivity index (χ2v) is 10.1. The Bertz CT molecular complexity index is 1810. The molecule has 2 aromatic heterocycles. The Morgan fingerprint density at radius 1 is 1.18 bits per heavy atom. The zero-order valence-corrected chi connectivity index (χ0v) is 22.0. The van der Waals surface area contributed by atoms with Gasteiger partial charge in [0, 0.05) is 17.2 Å². The summed E-state index contributed by atoms with van der Waals surface area (Å²) in [5.74, 6) is 0.0570. The molecule has 3 heterocycles. The van der Waals surface area contributed by atoms with Crippen LogP contribution in [0.25, 0.3) is 17.4 Å². The van der Waals surface area contributed by atoms with Gasteiger partial charge in [-0.1, -0.05) is 41.1 Å². The predicted octanol–water partition coefficient (Wildman–Crippen LogP) is 4.54. The fourth-order valence-electron chi connectivity index (χ4n) is 4.36. The summed E-state index contributed by atoms with van der Waals surface area (Å²) in [6.45, 7) is 3.47. The number of esters is 1. The van der Waals surface area contributed by atoms with Crippen molar-refractivity contribution < 1.29 is 18.9 Å². The fourth-order valence-corrected chi connectivity index (χ4v) is 5.51. The van der Waals surface area contributed by atoms with Gasteiger partial charge in [-0.05, 0) is 55.3 Å². The number of allylic oxidation sites excluding steroid dienone is 1. The number of carbonyl (C=O) groups excluding carboxylic acids is 1. The van der Waals surface area contributed by atoms with E-state index in [1.165, 1.54) is 17.7 Å². The Morgan fingerprint density at radius 2 is 1.92 bits per heavy atom. The molecular formula is C27H20ClN3O6S. The number of rotatable bonds is 5. The van der Waals surface area contributed by atoms with Crippen LogP contribution in [-0.2, 0) is 9.53 Å². The van der Waals surface area contributed by atoms with Gasteiger partial charge in [-0.3, -0.25) is 19.5 Å². The highest BCUT2D eigenvalue weighted by atomic mass is 35.5. The van der Waals surface area contributed by atoms with Gasteiger partial charge in [-0.2, -0.15) is 0 Å². The van der Waals surface area contributed by atoms with Crippen LogP contribution in [0.2, 0.25) is 5.02 Å². The molecule has 4 aromatic rings. The van der Waals surface area contributed by atoms with E-state index in [9.17, 15) is 19.7 Å². The van der Waals surface area contributed by atoms with Crippen molar-refractivity contribution in [3.63, 3.8) is 0 Å². The topological polar surface area (TPSA) is 117 Å². The molecule has 1 aliphatic heterocycles. The highest BCUT2D eigenvalue weighted by Gasteiger charge is 2.33. The SMILES string of the molecule is COC(=O)C1=C(C)N=c2s/c(=C\c3ccc(-c4ccc(C)cc4[N+](=O)[O-])o3)c(=O)n2[C@@H]1c1ccc(Cl)cc1. The second-order valence-electron chi connectivity index (χ2n) is 8.60. The van der Waals surface area contributed by atoms with Gasteiger partial charge in [0.05, 0.1) is 39.4 Å². The molecule has 11 heteroatoms. The lowest BCUT2D eigenvalue weighted by Crippen LogP contribution is -2.39. The monoisotopic (exact) mass is 549 g/mol. The summed E-state index contributed by atoms with van der Waals surface area (Å²) in [5, 5.41) is 12.1. The second kappa shape index (κ2) is 9.88. The van der Waals surface area contributed by atoms with E-state index >= 15 is 0 Å². The van der Waals surface area contributed by atoms with Gasteiger partial charge < -0.3 is 9.15 Å². The van der Waals surface area contributed by atoms with Crippen LogP contribution in [0.3, 0.4) is 0 Å². The number of hydrogen-bond acceptors (Lipinski definition) is 8. The predicted molar refractivity (Wildman–Crippen MR) is 143 cm³/mol. The van der Waals surface area contributed by atoms with Crippen LogP contribution in [0.5, 0.6) is 0 Å². The van der Waals surface area contributed by atoms with Gasteiger partial charge in [0.2, 0.25) is 0 Å². The Balaban J connectivity index is 1.64. The van der Waals surface area contributed by atoms with E-state index in [1.54, 1.807) is 68.5 Å². The first-order valence-electron chi connectivity index (χ1n) is 11.4. The molecule has 0 fully saturated rings. The van der Waals surface area contributed by atoms with Crippen molar-refractivity contribution in [1.82, 2.24) is 4.57 Å². The van der Waals surface area contributed by atoms with Crippen molar-refractivity contribution >= 4 is 40.7 Å². The highest BCUT2D eigenvalue weighted by molar-refractivity contribution is 7.07. The molecule has 0 N–H and O–H groups in total. The lowest BCUT2D eigenvalue weighted by atomic mass is 9.96. The van der Waals surface area contributed by atoms with E-state index in [4.69, 9.17) is 20.8 Å². The van der Waals surface area contributed by atoms with Gasteiger partial charge in [-0.25, -0.2) is 9.79 Å². The number of benzene rings is 2. The lowest BCUT2D eigenvalue weighted by Gasteiger charge is -2.24. The summed E-state index contributed by atoms with van der Waals surface area (Å²) in [5.41, 5.74) is 2.01. The average Bonchev–Trinajstić information content (AvgIpc) is 3.47. The largest absolute Gasteiger partial charge is 0.466 e. The Hall–Kier alpha value is -4.28. The van der Waals surface area contributed by atoms with E-state index in [1.807, 2.05) is 0 Å². The number of ether oxygens (including phenoxy) is 1. The van der Waals surface area contributed by atoms with Crippen molar-refractivity contribution in [2.45, 2.75) is 19.9 Å². The van der Waals surface area contributed by atoms with E-state index < -0.39 is 16.9 Å². The number of aromatic nitrogens is 1. The molecule has 5 rings (SSSR count). The number of fused-ring (bicyclic) bond motifs is 1. The van der Waals surface area contributed by atoms with Gasteiger partial charge in [0.1, 0.15) is 11.5 Å². The summed E-state index contributed by atoms with van der Waals surface area (Å²) in [6, 6.07) is 14.2. The minimum atomic E-state index is -0.763. The van der Waals surface area contributed by atoms with Crippen molar-refractivity contribution in [2.24, 2.45) is 4.99 Å². The number of halogens is 1. The Labute approximate surface area is 224 Å². The molecule has 38 heavy (non-hydrogen) atoms. The molecule has 2 aromatic carbocycles. The summed E-state index contributed by atoms with van der Waals surface area (Å²) in [4.78, 5) is 42.4. The molecule has 9 nitrogen and oxygen atoms in total. The molecule has 0 unspecified atom stereocenters. The van der Waals surface area contributed by atoms with Crippen LogP contribution < -0.4 is 14.9 Å². The molecule has 1 atom stereocenters. The van der Waals surface area contributed by atoms with Crippen LogP contribution in [-0.4, -0.2) is 22.6 Å². The number of methoxy groups -OCH3 is 1. The summed E-state index contributed by atoms with van der Waals surface area (Å²) in [6.07, 6.45) is 1.56. The molecule has 0 saturated heterocycles. The number of carbonyl (C=O) groups is 1. The third-order valence-electron chi connectivity index (χ3n) is 6.13. The number of nitro groups is 1. The maximum atomic E-state index is 13.6. The smallest absolute Gasteiger partial charge is 0.338 e. The summed E-state index contributed by atoms with van der Waals surface area (Å²) in [7, 11) is 1.28. The van der Waals surface area contributed by atoms with Gasteiger partial charge in [0.25, 0.3) is 11.2 Å². The third kappa shape index (κ3) is 4.48. The van der Waals surface area contributed by atoms with Crippen molar-refractivity contribution in [2.75, 3.05) is 7.11 Å². The molecule has 1 aliphatic rings. The minimum absolute atomic E-state index is 0.0703. The zero-order valence-electron chi connectivity index (χ0n) is 20.4. The fraction of sp³-hybridized carbons (Fsp3) is 0.148. The first-order valence-corrected chi connectivity index (χ1v) is 12.6. The number of thiazole rings is 1. The maximum Gasteiger partial charge on any atom is 0.338 e. The first-order chi connectivity index (χ1) is 18.2. The first kappa shape index (κ1) is 25.4. The van der Waals surface area contributed by atoms with Crippen LogP contribution >= 0.6 is 22.9 Å². The number of hydrogen-bond donors (Lipinski definition) is 0. The summed E-state index contributed by atoms with van der Waals surface area (Å²) < 4.78 is 12.7. The number of nitro benzene ring substituents is 1. The normalized spacial score (nSPS) is 15.3. The van der Waals surface area contributed by atoms with Crippen LogP contribution in [0.1, 0.15) is 29.9 Å². The number of aryl methyl sites for hydroxylation is 1. The van der Waals surface area contributed by atoms with Gasteiger partial charge in [-0.15, -0.1) is 0 Å². The molecule has 192 valence electrons. The molecule has 0 saturated carbocycles. The van der Waals surface area contributed by atoms with E-state index in [0.29, 0.717) is 42.7 Å². The van der Waals surface area contributed by atoms with E-state index in [2.05, 4.69) is 4.99 Å². The maximum absolute atomic E-state index is 13.6. The van der Waals surface area contributed by atoms with Crippen LogP contribution in [0, 0.1) is 17.0 Å². The third-order valence-corrected chi connectivity index (χ3v) is 7.36. The molecule has 0 bridgehead atoms. The highest BCUT2D eigenvalue weighted by Crippen LogP contribution is 2.33. The molecule has 0 amide bonds. The number of nitrogens with zero attached hydrogens (tertiary/aromatic N) is 3. The standard InChI is InChI=1S/C27H20ClN3O6S/c1-14-4-10-19(20(12-14)31(34)35)21-11-9-18(37-21)13-22-25(32)30-24(16-5-7-17(28)8-6-16)23(26(33)36-3)15(2)29-27(30)38-22/h4-13,24H,1-3H3/b22-13-/t24-/m1/s1. The Kier molecular flexibility index (Phi) is 6.60. The van der Waals surface area contributed by atoms with E-state index in [-0.39, 0.29) is 16.8 Å². The molecule has 0 radical (unpaired) electrons. The van der Waals surface area contributed by atoms with Crippen LogP contribution in [0.4, 0.5) is 5.69 Å². The van der Waals surface area contributed by atoms with E-state index in [0.717, 1.165) is 16.9 Å². The van der Waals surface area contributed by atoms with Gasteiger partial charge in [0.15, 0.2) is 4.80 Å². The number of furan rings is 1. The summed E-state index contributed by atoms with van der Waals surface area (Å²) >= 11 is 7.22.